The molecule has 1 unspecified atom stereocenters. The van der Waals surface area contributed by atoms with Crippen LogP contribution in [0.1, 0.15) is 42.7 Å². The maximum absolute atomic E-state index is 12.9. The van der Waals surface area contributed by atoms with Crippen LogP contribution >= 0.6 is 0 Å². The number of esters is 1. The summed E-state index contributed by atoms with van der Waals surface area (Å²) in [6.07, 6.45) is -0.318. The van der Waals surface area contributed by atoms with Crippen LogP contribution in [0.5, 0.6) is 11.5 Å². The standard InChI is InChI=1S/C25H29N3O6/c1-14(2)34-24(30)21-15(3)28(4)25(31)27-22(21)16-8-7-9-18(10-16)26-23(29)17-11-19(32-5)13-20(12-17)33-6/h7-14,22H,1-6H3,(H,26,29)(H,27,31). The number of urea groups is 1. The Labute approximate surface area is 198 Å². The Morgan fingerprint density at radius 2 is 1.71 bits per heavy atom. The number of allylic oxidation sites excluding steroid dienone is 1. The Hall–Kier alpha value is -4.01. The number of hydrogen-bond donors (Lipinski definition) is 2. The second kappa shape index (κ2) is 10.3. The summed E-state index contributed by atoms with van der Waals surface area (Å²) in [5.41, 5.74) is 2.30. The van der Waals surface area contributed by atoms with Gasteiger partial charge < -0.3 is 29.7 Å². The molecule has 0 spiro atoms. The molecule has 0 aliphatic carbocycles. The summed E-state index contributed by atoms with van der Waals surface area (Å²) in [6, 6.07) is 10.7. The van der Waals surface area contributed by atoms with E-state index >= 15 is 0 Å². The molecule has 3 amide bonds. The van der Waals surface area contributed by atoms with Gasteiger partial charge in [0.1, 0.15) is 11.5 Å². The van der Waals surface area contributed by atoms with E-state index in [9.17, 15) is 14.4 Å². The van der Waals surface area contributed by atoms with Gasteiger partial charge >= 0.3 is 12.0 Å². The van der Waals surface area contributed by atoms with E-state index in [2.05, 4.69) is 10.6 Å². The number of hydrogen-bond acceptors (Lipinski definition) is 6. The van der Waals surface area contributed by atoms with Crippen LogP contribution in [0.4, 0.5) is 10.5 Å². The summed E-state index contributed by atoms with van der Waals surface area (Å²) < 4.78 is 15.9. The summed E-state index contributed by atoms with van der Waals surface area (Å²) in [5.74, 6) is 0.0950. The van der Waals surface area contributed by atoms with E-state index in [4.69, 9.17) is 14.2 Å². The van der Waals surface area contributed by atoms with Crippen LogP contribution in [-0.4, -0.2) is 50.2 Å². The lowest BCUT2D eigenvalue weighted by Gasteiger charge is -2.33. The van der Waals surface area contributed by atoms with Crippen molar-refractivity contribution in [3.8, 4) is 11.5 Å². The average Bonchev–Trinajstić information content (AvgIpc) is 2.81. The van der Waals surface area contributed by atoms with Gasteiger partial charge in [-0.25, -0.2) is 9.59 Å². The summed E-state index contributed by atoms with van der Waals surface area (Å²) in [6.45, 7) is 5.22. The highest BCUT2D eigenvalue weighted by atomic mass is 16.5. The van der Waals surface area contributed by atoms with Gasteiger partial charge in [0.2, 0.25) is 0 Å². The van der Waals surface area contributed by atoms with Crippen LogP contribution in [0.25, 0.3) is 0 Å². The molecule has 3 rings (SSSR count). The predicted octanol–water partition coefficient (Wildman–Crippen LogP) is 3.88. The molecule has 0 saturated heterocycles. The van der Waals surface area contributed by atoms with Crippen LogP contribution in [0.2, 0.25) is 0 Å². The third-order valence-corrected chi connectivity index (χ3v) is 5.41. The van der Waals surface area contributed by atoms with Crippen molar-refractivity contribution in [3.63, 3.8) is 0 Å². The molecule has 180 valence electrons. The number of nitrogens with zero attached hydrogens (tertiary/aromatic N) is 1. The van der Waals surface area contributed by atoms with Crippen LogP contribution in [0.3, 0.4) is 0 Å². The minimum absolute atomic E-state index is 0.318. The topological polar surface area (TPSA) is 106 Å². The molecule has 34 heavy (non-hydrogen) atoms. The largest absolute Gasteiger partial charge is 0.497 e. The Kier molecular flexibility index (Phi) is 7.45. The minimum atomic E-state index is -0.733. The van der Waals surface area contributed by atoms with E-state index < -0.39 is 12.0 Å². The van der Waals surface area contributed by atoms with E-state index in [0.717, 1.165) is 0 Å². The van der Waals surface area contributed by atoms with Crippen molar-refractivity contribution in [1.82, 2.24) is 10.2 Å². The normalized spacial score (nSPS) is 15.7. The fourth-order valence-corrected chi connectivity index (χ4v) is 3.57. The molecule has 2 aromatic rings. The molecule has 9 nitrogen and oxygen atoms in total. The van der Waals surface area contributed by atoms with Gasteiger partial charge in [0.05, 0.1) is 31.9 Å². The first-order valence-corrected chi connectivity index (χ1v) is 10.7. The van der Waals surface area contributed by atoms with Gasteiger partial charge in [-0.2, -0.15) is 0 Å². The summed E-state index contributed by atoms with van der Waals surface area (Å²) in [4.78, 5) is 39.6. The van der Waals surface area contributed by atoms with Crippen LogP contribution in [0, 0.1) is 0 Å². The lowest BCUT2D eigenvalue weighted by Crippen LogP contribution is -2.46. The van der Waals surface area contributed by atoms with Crippen LogP contribution in [-0.2, 0) is 9.53 Å². The van der Waals surface area contributed by atoms with Gasteiger partial charge in [-0.3, -0.25) is 4.79 Å². The number of carbonyl (C=O) groups excluding carboxylic acids is 3. The summed E-state index contributed by atoms with van der Waals surface area (Å²) in [5, 5.41) is 5.68. The molecular formula is C25H29N3O6. The lowest BCUT2D eigenvalue weighted by atomic mass is 9.94. The van der Waals surface area contributed by atoms with Crippen molar-refractivity contribution in [2.75, 3.05) is 26.6 Å². The molecule has 2 N–H and O–H groups in total. The van der Waals surface area contributed by atoms with Crippen molar-refractivity contribution >= 4 is 23.6 Å². The van der Waals surface area contributed by atoms with E-state index in [0.29, 0.717) is 39.6 Å². The van der Waals surface area contributed by atoms with E-state index in [-0.39, 0.29) is 18.0 Å². The molecule has 0 aromatic heterocycles. The molecule has 0 saturated carbocycles. The molecule has 9 heteroatoms. The van der Waals surface area contributed by atoms with Crippen molar-refractivity contribution in [3.05, 3.63) is 64.9 Å². The Morgan fingerprint density at radius 1 is 1.06 bits per heavy atom. The molecule has 0 fully saturated rings. The maximum atomic E-state index is 12.9. The third kappa shape index (κ3) is 5.31. The predicted molar refractivity (Wildman–Crippen MR) is 127 cm³/mol. The molecule has 1 aliphatic heterocycles. The molecule has 2 aromatic carbocycles. The maximum Gasteiger partial charge on any atom is 0.338 e. The van der Waals surface area contributed by atoms with Gasteiger partial charge in [0.25, 0.3) is 5.91 Å². The number of benzene rings is 2. The monoisotopic (exact) mass is 467 g/mol. The van der Waals surface area contributed by atoms with Crippen molar-refractivity contribution in [2.45, 2.75) is 32.9 Å². The number of carbonyl (C=O) groups is 3. The third-order valence-electron chi connectivity index (χ3n) is 5.41. The Morgan fingerprint density at radius 3 is 2.29 bits per heavy atom. The molecular weight excluding hydrogens is 438 g/mol. The van der Waals surface area contributed by atoms with Gasteiger partial charge in [0.15, 0.2) is 0 Å². The number of rotatable bonds is 7. The Balaban J connectivity index is 1.93. The van der Waals surface area contributed by atoms with E-state index in [1.807, 2.05) is 0 Å². The van der Waals surface area contributed by atoms with E-state index in [1.54, 1.807) is 70.3 Å². The highest BCUT2D eigenvalue weighted by molar-refractivity contribution is 6.05. The zero-order valence-corrected chi connectivity index (χ0v) is 20.1. The van der Waals surface area contributed by atoms with E-state index in [1.165, 1.54) is 19.1 Å². The zero-order chi connectivity index (χ0) is 25.0. The minimum Gasteiger partial charge on any atom is -0.497 e. The van der Waals surface area contributed by atoms with Crippen molar-refractivity contribution in [1.29, 1.82) is 0 Å². The van der Waals surface area contributed by atoms with Crippen LogP contribution < -0.4 is 20.1 Å². The smallest absolute Gasteiger partial charge is 0.338 e. The summed E-state index contributed by atoms with van der Waals surface area (Å²) >= 11 is 0. The number of nitrogens with one attached hydrogen (secondary N) is 2. The SMILES string of the molecule is COc1cc(OC)cc(C(=O)Nc2cccc(C3NC(=O)N(C)C(C)=C3C(=O)OC(C)C)c2)c1. The number of anilines is 1. The fraction of sp³-hybridized carbons (Fsp3) is 0.320. The number of methoxy groups -OCH3 is 2. The van der Waals surface area contributed by atoms with Crippen molar-refractivity contribution in [2.24, 2.45) is 0 Å². The number of amides is 3. The first-order valence-electron chi connectivity index (χ1n) is 10.7. The van der Waals surface area contributed by atoms with Gasteiger partial charge in [-0.05, 0) is 50.6 Å². The molecule has 1 heterocycles. The zero-order valence-electron chi connectivity index (χ0n) is 20.1. The molecule has 0 radical (unpaired) electrons. The second-order valence-electron chi connectivity index (χ2n) is 8.08. The highest BCUT2D eigenvalue weighted by Gasteiger charge is 2.35. The quantitative estimate of drug-likeness (QED) is 0.599. The molecule has 1 atom stereocenters. The number of ether oxygens (including phenoxy) is 3. The molecule has 1 aliphatic rings. The first-order chi connectivity index (χ1) is 16.1. The van der Waals surface area contributed by atoms with Gasteiger partial charge in [0, 0.05) is 30.1 Å². The molecule has 0 bridgehead atoms. The second-order valence-corrected chi connectivity index (χ2v) is 8.08. The van der Waals surface area contributed by atoms with Gasteiger partial charge in [-0.15, -0.1) is 0 Å². The average molecular weight is 468 g/mol. The highest BCUT2D eigenvalue weighted by Crippen LogP contribution is 2.32. The Bertz CT molecular complexity index is 1120. The fourth-order valence-electron chi connectivity index (χ4n) is 3.57. The van der Waals surface area contributed by atoms with Crippen LogP contribution in [0.15, 0.2) is 53.7 Å². The van der Waals surface area contributed by atoms with Gasteiger partial charge in [-0.1, -0.05) is 12.1 Å². The first kappa shape index (κ1) is 24.6. The lowest BCUT2D eigenvalue weighted by molar-refractivity contribution is -0.143. The van der Waals surface area contributed by atoms with Crippen molar-refractivity contribution < 1.29 is 28.6 Å². The summed E-state index contributed by atoms with van der Waals surface area (Å²) in [7, 11) is 4.60.